The van der Waals surface area contributed by atoms with Crippen molar-refractivity contribution in [1.82, 2.24) is 10.2 Å². The lowest BCUT2D eigenvalue weighted by Crippen LogP contribution is -2.43. The Balaban J connectivity index is 1.79. The van der Waals surface area contributed by atoms with Crippen LogP contribution in [0.5, 0.6) is 0 Å². The molecular formula is C13H24N2S. The molecule has 2 rings (SSSR count). The first-order chi connectivity index (χ1) is 7.56. The Kier molecular flexibility index (Phi) is 3.73. The fraction of sp³-hybridized carbons (Fsp3) is 0.923. The zero-order valence-corrected chi connectivity index (χ0v) is 11.5. The smallest absolute Gasteiger partial charge is 0.168 e. The highest BCUT2D eigenvalue weighted by Crippen LogP contribution is 2.48. The van der Waals surface area contributed by atoms with Gasteiger partial charge in [-0.3, -0.25) is 0 Å². The predicted molar refractivity (Wildman–Crippen MR) is 72.4 cm³/mol. The quantitative estimate of drug-likeness (QED) is 0.764. The molecule has 0 aliphatic heterocycles. The average molecular weight is 240 g/mol. The van der Waals surface area contributed by atoms with Gasteiger partial charge in [0, 0.05) is 19.6 Å². The minimum Gasteiger partial charge on any atom is -0.360 e. The molecule has 0 saturated heterocycles. The van der Waals surface area contributed by atoms with Crippen LogP contribution < -0.4 is 5.32 Å². The van der Waals surface area contributed by atoms with Crippen molar-refractivity contribution in [2.45, 2.75) is 45.6 Å². The van der Waals surface area contributed by atoms with E-state index in [1.165, 1.54) is 25.7 Å². The Morgan fingerprint density at radius 1 is 1.38 bits per heavy atom. The molecule has 0 amide bonds. The summed E-state index contributed by atoms with van der Waals surface area (Å²) < 4.78 is 0. The van der Waals surface area contributed by atoms with Crippen LogP contribution >= 0.6 is 12.2 Å². The fourth-order valence-corrected chi connectivity index (χ4v) is 3.70. The molecule has 16 heavy (non-hydrogen) atoms. The third kappa shape index (κ3) is 2.68. The Morgan fingerprint density at radius 2 is 2.12 bits per heavy atom. The lowest BCUT2D eigenvalue weighted by atomic mass is 9.88. The van der Waals surface area contributed by atoms with Gasteiger partial charge in [-0.25, -0.2) is 0 Å². The molecule has 0 aromatic heterocycles. The molecule has 2 bridgehead atoms. The monoisotopic (exact) mass is 240 g/mol. The maximum Gasteiger partial charge on any atom is 0.168 e. The first kappa shape index (κ1) is 12.2. The van der Waals surface area contributed by atoms with Gasteiger partial charge in [-0.05, 0) is 63.1 Å². The molecule has 1 N–H and O–H groups in total. The Labute approximate surface area is 105 Å². The molecule has 0 heterocycles. The largest absolute Gasteiger partial charge is 0.360 e. The zero-order valence-electron chi connectivity index (χ0n) is 10.7. The van der Waals surface area contributed by atoms with Crippen molar-refractivity contribution in [3.05, 3.63) is 0 Å². The highest BCUT2D eigenvalue weighted by Gasteiger charge is 2.39. The maximum absolute atomic E-state index is 5.39. The van der Waals surface area contributed by atoms with Gasteiger partial charge in [-0.1, -0.05) is 6.42 Å². The number of nitrogens with zero attached hydrogens (tertiary/aromatic N) is 1. The molecule has 0 aromatic rings. The number of nitrogens with one attached hydrogen (secondary N) is 1. The number of fused-ring (bicyclic) bond motifs is 2. The van der Waals surface area contributed by atoms with Gasteiger partial charge in [0.25, 0.3) is 0 Å². The second-order valence-electron chi connectivity index (χ2n) is 5.92. The van der Waals surface area contributed by atoms with E-state index in [-0.39, 0.29) is 0 Å². The SMILES string of the molecule is CC(C)NC(=S)N(C)CC1CC2CCC1C2. The summed E-state index contributed by atoms with van der Waals surface area (Å²) in [4.78, 5) is 2.24. The van der Waals surface area contributed by atoms with Crippen LogP contribution in [-0.2, 0) is 0 Å². The summed E-state index contributed by atoms with van der Waals surface area (Å²) in [5.74, 6) is 2.93. The van der Waals surface area contributed by atoms with Gasteiger partial charge in [0.2, 0.25) is 0 Å². The molecule has 2 fully saturated rings. The second kappa shape index (κ2) is 4.91. The van der Waals surface area contributed by atoms with E-state index in [1.807, 2.05) is 0 Å². The number of rotatable bonds is 3. The number of hydrogen-bond donors (Lipinski definition) is 1. The topological polar surface area (TPSA) is 15.3 Å². The van der Waals surface area contributed by atoms with Crippen LogP contribution in [0.2, 0.25) is 0 Å². The predicted octanol–water partition coefficient (Wildman–Crippen LogP) is 2.64. The third-order valence-corrected chi connectivity index (χ3v) is 4.58. The molecular weight excluding hydrogens is 216 g/mol. The van der Waals surface area contributed by atoms with Crippen molar-refractivity contribution >= 4 is 17.3 Å². The molecule has 0 aromatic carbocycles. The van der Waals surface area contributed by atoms with Crippen LogP contribution in [0.15, 0.2) is 0 Å². The summed E-state index contributed by atoms with van der Waals surface area (Å²) >= 11 is 5.39. The fourth-order valence-electron chi connectivity index (χ4n) is 3.39. The molecule has 2 saturated carbocycles. The Morgan fingerprint density at radius 3 is 2.62 bits per heavy atom. The molecule has 2 aliphatic rings. The van der Waals surface area contributed by atoms with Crippen molar-refractivity contribution in [3.63, 3.8) is 0 Å². The number of hydrogen-bond acceptors (Lipinski definition) is 1. The summed E-state index contributed by atoms with van der Waals surface area (Å²) in [5, 5.41) is 4.23. The molecule has 2 nitrogen and oxygen atoms in total. The summed E-state index contributed by atoms with van der Waals surface area (Å²) in [6.07, 6.45) is 5.88. The standard InChI is InChI=1S/C13H24N2S/c1-9(2)14-13(16)15(3)8-12-7-10-4-5-11(12)6-10/h9-12H,4-8H2,1-3H3,(H,14,16). The summed E-state index contributed by atoms with van der Waals surface area (Å²) in [7, 11) is 2.13. The van der Waals surface area contributed by atoms with Crippen LogP contribution in [-0.4, -0.2) is 29.6 Å². The van der Waals surface area contributed by atoms with Gasteiger partial charge in [0.1, 0.15) is 0 Å². The summed E-state index contributed by atoms with van der Waals surface area (Å²) in [5.41, 5.74) is 0. The minimum absolute atomic E-state index is 0.440. The van der Waals surface area contributed by atoms with E-state index in [1.54, 1.807) is 0 Å². The van der Waals surface area contributed by atoms with Crippen molar-refractivity contribution in [1.29, 1.82) is 0 Å². The van der Waals surface area contributed by atoms with Gasteiger partial charge in [0.15, 0.2) is 5.11 Å². The summed E-state index contributed by atoms with van der Waals surface area (Å²) in [6, 6.07) is 0.440. The van der Waals surface area contributed by atoms with Crippen LogP contribution in [0.25, 0.3) is 0 Å². The minimum atomic E-state index is 0.440. The second-order valence-corrected chi connectivity index (χ2v) is 6.31. The molecule has 92 valence electrons. The third-order valence-electron chi connectivity index (χ3n) is 4.15. The van der Waals surface area contributed by atoms with Crippen molar-refractivity contribution in [2.75, 3.05) is 13.6 Å². The first-order valence-electron chi connectivity index (χ1n) is 6.58. The van der Waals surface area contributed by atoms with Crippen LogP contribution in [0, 0.1) is 17.8 Å². The average Bonchev–Trinajstić information content (AvgIpc) is 2.77. The van der Waals surface area contributed by atoms with Gasteiger partial charge in [-0.15, -0.1) is 0 Å². The van der Waals surface area contributed by atoms with Gasteiger partial charge >= 0.3 is 0 Å². The number of thiocarbonyl (C=S) groups is 1. The first-order valence-corrected chi connectivity index (χ1v) is 6.98. The van der Waals surface area contributed by atoms with Gasteiger partial charge in [-0.2, -0.15) is 0 Å². The highest BCUT2D eigenvalue weighted by atomic mass is 32.1. The van der Waals surface area contributed by atoms with Crippen LogP contribution in [0.3, 0.4) is 0 Å². The molecule has 3 heteroatoms. The van der Waals surface area contributed by atoms with Crippen LogP contribution in [0.1, 0.15) is 39.5 Å². The molecule has 3 unspecified atom stereocenters. The molecule has 0 radical (unpaired) electrons. The summed E-state index contributed by atoms with van der Waals surface area (Å²) in [6.45, 7) is 5.43. The Bertz CT molecular complexity index is 265. The van der Waals surface area contributed by atoms with Gasteiger partial charge < -0.3 is 10.2 Å². The van der Waals surface area contributed by atoms with E-state index in [0.29, 0.717) is 6.04 Å². The van der Waals surface area contributed by atoms with E-state index < -0.39 is 0 Å². The van der Waals surface area contributed by atoms with E-state index in [4.69, 9.17) is 12.2 Å². The normalized spacial score (nSPS) is 32.1. The highest BCUT2D eigenvalue weighted by molar-refractivity contribution is 7.80. The van der Waals surface area contributed by atoms with Gasteiger partial charge in [0.05, 0.1) is 0 Å². The van der Waals surface area contributed by atoms with Crippen molar-refractivity contribution in [3.8, 4) is 0 Å². The van der Waals surface area contributed by atoms with E-state index in [0.717, 1.165) is 29.4 Å². The Hall–Kier alpha value is -0.310. The van der Waals surface area contributed by atoms with E-state index in [9.17, 15) is 0 Å². The lowest BCUT2D eigenvalue weighted by molar-refractivity contribution is 0.274. The maximum atomic E-state index is 5.39. The molecule has 3 atom stereocenters. The van der Waals surface area contributed by atoms with Crippen molar-refractivity contribution in [2.24, 2.45) is 17.8 Å². The lowest BCUT2D eigenvalue weighted by Gasteiger charge is -2.29. The van der Waals surface area contributed by atoms with E-state index >= 15 is 0 Å². The van der Waals surface area contributed by atoms with Crippen molar-refractivity contribution < 1.29 is 0 Å². The molecule has 2 aliphatic carbocycles. The van der Waals surface area contributed by atoms with Crippen LogP contribution in [0.4, 0.5) is 0 Å². The zero-order chi connectivity index (χ0) is 11.7. The van der Waals surface area contributed by atoms with E-state index in [2.05, 4.69) is 31.1 Å². The molecule has 0 spiro atoms.